The SMILES string of the molecule is COCC(=O)Nc1ccc(NC(=O)C2C(C(=O)O)C2(C)C)cc1Cl. The largest absolute Gasteiger partial charge is 0.481 e. The van der Waals surface area contributed by atoms with Gasteiger partial charge in [0.15, 0.2) is 0 Å². The Hall–Kier alpha value is -2.12. The van der Waals surface area contributed by atoms with Crippen LogP contribution in [0.3, 0.4) is 0 Å². The summed E-state index contributed by atoms with van der Waals surface area (Å²) in [4.78, 5) is 34.9. The molecule has 1 aromatic carbocycles. The Balaban J connectivity index is 2.04. The molecule has 24 heavy (non-hydrogen) atoms. The molecule has 0 radical (unpaired) electrons. The monoisotopic (exact) mass is 354 g/mol. The second kappa shape index (κ2) is 6.78. The first-order chi connectivity index (χ1) is 11.2. The fourth-order valence-electron chi connectivity index (χ4n) is 2.82. The average Bonchev–Trinajstić information content (AvgIpc) is 3.05. The Labute approximate surface area is 144 Å². The molecule has 2 rings (SSSR count). The van der Waals surface area contributed by atoms with Crippen LogP contribution in [-0.4, -0.2) is 36.6 Å². The lowest BCUT2D eigenvalue weighted by atomic mass is 10.1. The Bertz CT molecular complexity index is 689. The smallest absolute Gasteiger partial charge is 0.307 e. The molecule has 0 bridgehead atoms. The Morgan fingerprint density at radius 2 is 1.92 bits per heavy atom. The summed E-state index contributed by atoms with van der Waals surface area (Å²) in [6, 6.07) is 4.63. The van der Waals surface area contributed by atoms with Crippen molar-refractivity contribution >= 4 is 40.8 Å². The maximum atomic E-state index is 12.3. The Morgan fingerprint density at radius 1 is 1.25 bits per heavy atom. The minimum absolute atomic E-state index is 0.0951. The van der Waals surface area contributed by atoms with E-state index in [2.05, 4.69) is 10.6 Å². The zero-order valence-corrected chi connectivity index (χ0v) is 14.3. The van der Waals surface area contributed by atoms with Gasteiger partial charge in [-0.1, -0.05) is 25.4 Å². The summed E-state index contributed by atoms with van der Waals surface area (Å²) in [5.41, 5.74) is 0.252. The van der Waals surface area contributed by atoms with Gasteiger partial charge in [-0.05, 0) is 23.6 Å². The van der Waals surface area contributed by atoms with Gasteiger partial charge in [0, 0.05) is 12.8 Å². The standard InChI is InChI=1S/C16H19ClN2O5/c1-16(2)12(13(16)15(22)23)14(21)18-8-4-5-10(9(17)6-8)19-11(20)7-24-3/h4-6,12-13H,7H2,1-3H3,(H,18,21)(H,19,20)(H,22,23). The first-order valence-electron chi connectivity index (χ1n) is 7.30. The lowest BCUT2D eigenvalue weighted by molar-refractivity contribution is -0.140. The van der Waals surface area contributed by atoms with Crippen molar-refractivity contribution in [3.8, 4) is 0 Å². The average molecular weight is 355 g/mol. The van der Waals surface area contributed by atoms with Crippen molar-refractivity contribution in [2.45, 2.75) is 13.8 Å². The third kappa shape index (κ3) is 3.68. The van der Waals surface area contributed by atoms with E-state index in [-0.39, 0.29) is 23.4 Å². The number of carboxylic acid groups (broad SMARTS) is 1. The van der Waals surface area contributed by atoms with Crippen molar-refractivity contribution in [3.63, 3.8) is 0 Å². The Kier molecular flexibility index (Phi) is 5.15. The van der Waals surface area contributed by atoms with E-state index in [4.69, 9.17) is 21.4 Å². The van der Waals surface area contributed by atoms with Crippen LogP contribution in [0.5, 0.6) is 0 Å². The van der Waals surface area contributed by atoms with Gasteiger partial charge in [0.05, 0.1) is 22.5 Å². The molecule has 1 aliphatic rings. The zero-order chi connectivity index (χ0) is 18.1. The molecule has 1 aromatic rings. The van der Waals surface area contributed by atoms with Crippen molar-refractivity contribution in [1.82, 2.24) is 0 Å². The normalized spacial score (nSPS) is 21.0. The van der Waals surface area contributed by atoms with Gasteiger partial charge >= 0.3 is 5.97 Å². The van der Waals surface area contributed by atoms with Crippen molar-refractivity contribution < 1.29 is 24.2 Å². The summed E-state index contributed by atoms with van der Waals surface area (Å²) in [5, 5.41) is 14.6. The highest BCUT2D eigenvalue weighted by molar-refractivity contribution is 6.34. The third-order valence-electron chi connectivity index (χ3n) is 4.16. The van der Waals surface area contributed by atoms with Crippen LogP contribution in [0.2, 0.25) is 5.02 Å². The number of halogens is 1. The van der Waals surface area contributed by atoms with E-state index < -0.39 is 23.2 Å². The molecule has 0 saturated heterocycles. The van der Waals surface area contributed by atoms with Crippen LogP contribution in [0.25, 0.3) is 0 Å². The molecule has 1 saturated carbocycles. The molecule has 1 fully saturated rings. The van der Waals surface area contributed by atoms with E-state index in [1.54, 1.807) is 26.0 Å². The number of carbonyl (C=O) groups excluding carboxylic acids is 2. The topological polar surface area (TPSA) is 105 Å². The number of hydrogen-bond acceptors (Lipinski definition) is 4. The number of ether oxygens (including phenoxy) is 1. The number of methoxy groups -OCH3 is 1. The van der Waals surface area contributed by atoms with Crippen molar-refractivity contribution in [2.75, 3.05) is 24.4 Å². The van der Waals surface area contributed by atoms with Crippen LogP contribution < -0.4 is 10.6 Å². The molecule has 0 aliphatic heterocycles. The Morgan fingerprint density at radius 3 is 2.42 bits per heavy atom. The van der Waals surface area contributed by atoms with Gasteiger partial charge in [-0.3, -0.25) is 14.4 Å². The number of aliphatic carboxylic acids is 1. The van der Waals surface area contributed by atoms with Crippen LogP contribution in [0, 0.1) is 17.3 Å². The molecule has 130 valence electrons. The van der Waals surface area contributed by atoms with Gasteiger partial charge in [0.25, 0.3) is 0 Å². The minimum Gasteiger partial charge on any atom is -0.481 e. The number of nitrogens with one attached hydrogen (secondary N) is 2. The molecule has 3 N–H and O–H groups in total. The molecule has 2 amide bonds. The summed E-state index contributed by atoms with van der Waals surface area (Å²) in [6.45, 7) is 3.40. The molecule has 0 aromatic heterocycles. The van der Waals surface area contributed by atoms with Gasteiger partial charge in [0.1, 0.15) is 6.61 Å². The molecular formula is C16H19ClN2O5. The van der Waals surface area contributed by atoms with Crippen LogP contribution in [0.4, 0.5) is 11.4 Å². The second-order valence-electron chi connectivity index (χ2n) is 6.28. The molecule has 0 spiro atoms. The van der Waals surface area contributed by atoms with Gasteiger partial charge in [-0.25, -0.2) is 0 Å². The molecule has 0 heterocycles. The molecule has 2 atom stereocenters. The van der Waals surface area contributed by atoms with Crippen molar-refractivity contribution in [3.05, 3.63) is 23.2 Å². The fourth-order valence-corrected chi connectivity index (χ4v) is 3.05. The van der Waals surface area contributed by atoms with E-state index in [0.717, 1.165) is 0 Å². The number of hydrogen-bond donors (Lipinski definition) is 3. The van der Waals surface area contributed by atoms with E-state index in [1.807, 2.05) is 0 Å². The van der Waals surface area contributed by atoms with Crippen LogP contribution >= 0.6 is 11.6 Å². The molecule has 1 aliphatic carbocycles. The molecule has 7 nitrogen and oxygen atoms in total. The molecular weight excluding hydrogens is 336 g/mol. The summed E-state index contributed by atoms with van der Waals surface area (Å²) < 4.78 is 4.71. The predicted octanol–water partition coefficient (Wildman–Crippen LogP) is 2.22. The van der Waals surface area contributed by atoms with E-state index in [1.165, 1.54) is 13.2 Å². The minimum atomic E-state index is -0.977. The second-order valence-corrected chi connectivity index (χ2v) is 6.69. The molecule has 8 heteroatoms. The summed E-state index contributed by atoms with van der Waals surface area (Å²) >= 11 is 6.09. The first-order valence-corrected chi connectivity index (χ1v) is 7.68. The maximum Gasteiger partial charge on any atom is 0.307 e. The highest BCUT2D eigenvalue weighted by Gasteiger charge is 2.65. The predicted molar refractivity (Wildman–Crippen MR) is 89.0 cm³/mol. The lowest BCUT2D eigenvalue weighted by Crippen LogP contribution is -2.19. The number of anilines is 2. The highest BCUT2D eigenvalue weighted by atomic mass is 35.5. The van der Waals surface area contributed by atoms with E-state index in [9.17, 15) is 14.4 Å². The van der Waals surface area contributed by atoms with Crippen LogP contribution in [0.1, 0.15) is 13.8 Å². The summed E-state index contributed by atoms with van der Waals surface area (Å²) in [5.74, 6) is -2.97. The van der Waals surface area contributed by atoms with Crippen molar-refractivity contribution in [2.24, 2.45) is 17.3 Å². The maximum absolute atomic E-state index is 12.3. The van der Waals surface area contributed by atoms with Crippen LogP contribution in [0.15, 0.2) is 18.2 Å². The first kappa shape index (κ1) is 18.2. The zero-order valence-electron chi connectivity index (χ0n) is 13.6. The van der Waals surface area contributed by atoms with E-state index in [0.29, 0.717) is 11.4 Å². The summed E-state index contributed by atoms with van der Waals surface area (Å²) in [6.07, 6.45) is 0. The van der Waals surface area contributed by atoms with Crippen LogP contribution in [-0.2, 0) is 19.1 Å². The van der Waals surface area contributed by atoms with Gasteiger partial charge in [-0.15, -0.1) is 0 Å². The van der Waals surface area contributed by atoms with Gasteiger partial charge in [-0.2, -0.15) is 0 Å². The highest BCUT2D eigenvalue weighted by Crippen LogP contribution is 2.58. The number of amides is 2. The third-order valence-corrected chi connectivity index (χ3v) is 4.47. The number of carboxylic acids is 1. The number of benzene rings is 1. The number of rotatable bonds is 6. The number of carbonyl (C=O) groups is 3. The fraction of sp³-hybridized carbons (Fsp3) is 0.438. The quantitative estimate of drug-likeness (QED) is 0.726. The lowest BCUT2D eigenvalue weighted by Gasteiger charge is -2.10. The molecule has 2 unspecified atom stereocenters. The summed E-state index contributed by atoms with van der Waals surface area (Å²) in [7, 11) is 1.41. The van der Waals surface area contributed by atoms with E-state index >= 15 is 0 Å². The van der Waals surface area contributed by atoms with Gasteiger partial charge in [0.2, 0.25) is 11.8 Å². The van der Waals surface area contributed by atoms with Crippen molar-refractivity contribution in [1.29, 1.82) is 0 Å². The van der Waals surface area contributed by atoms with Gasteiger partial charge < -0.3 is 20.5 Å².